The lowest BCUT2D eigenvalue weighted by atomic mass is 10.2. The van der Waals surface area contributed by atoms with Gasteiger partial charge in [-0.15, -0.1) is 0 Å². The number of nitrogens with one attached hydrogen (secondary N) is 1. The molecule has 31 heavy (non-hydrogen) atoms. The number of amides is 1. The van der Waals surface area contributed by atoms with Crippen LogP contribution in [-0.2, 0) is 12.7 Å². The maximum Gasteiger partial charge on any atom is 0.433 e. The number of halogens is 5. The molecule has 0 unspecified atom stereocenters. The third-order valence-electron chi connectivity index (χ3n) is 4.32. The van der Waals surface area contributed by atoms with Gasteiger partial charge in [-0.25, -0.2) is 9.50 Å². The molecule has 3 heterocycles. The Balaban J connectivity index is 1.60. The molecule has 160 valence electrons. The van der Waals surface area contributed by atoms with Crippen LogP contribution < -0.4 is 5.32 Å². The minimum absolute atomic E-state index is 0.0826. The Kier molecular flexibility index (Phi) is 5.48. The largest absolute Gasteiger partial charge is 0.433 e. The van der Waals surface area contributed by atoms with Crippen molar-refractivity contribution in [2.75, 3.05) is 5.32 Å². The molecule has 0 radical (unpaired) electrons. The van der Waals surface area contributed by atoms with Crippen molar-refractivity contribution in [3.05, 3.63) is 74.7 Å². The molecular weight excluding hydrogens is 501 g/mol. The highest BCUT2D eigenvalue weighted by atomic mass is 79.9. The van der Waals surface area contributed by atoms with E-state index >= 15 is 0 Å². The number of aromatic nitrogens is 5. The Bertz CT molecular complexity index is 1300. The molecule has 1 N–H and O–H groups in total. The van der Waals surface area contributed by atoms with Crippen LogP contribution in [0, 0.1) is 6.92 Å². The van der Waals surface area contributed by atoms with Crippen LogP contribution in [0.5, 0.6) is 0 Å². The lowest BCUT2D eigenvalue weighted by Crippen LogP contribution is -2.16. The number of hydrogen-bond donors (Lipinski definition) is 1. The van der Waals surface area contributed by atoms with Crippen LogP contribution in [0.25, 0.3) is 5.65 Å². The third kappa shape index (κ3) is 4.42. The molecule has 0 spiro atoms. The predicted octanol–water partition coefficient (Wildman–Crippen LogP) is 4.97. The Hall–Kier alpha value is -2.92. The summed E-state index contributed by atoms with van der Waals surface area (Å²) in [5.74, 6) is -0.533. The molecule has 0 aliphatic carbocycles. The molecule has 0 saturated carbocycles. The fourth-order valence-corrected chi connectivity index (χ4v) is 3.56. The highest BCUT2D eigenvalue weighted by Crippen LogP contribution is 2.30. The molecule has 4 aromatic rings. The van der Waals surface area contributed by atoms with E-state index < -0.39 is 17.8 Å². The third-order valence-corrected chi connectivity index (χ3v) is 5.27. The van der Waals surface area contributed by atoms with Crippen molar-refractivity contribution < 1.29 is 18.0 Å². The molecule has 4 rings (SSSR count). The fourth-order valence-electron chi connectivity index (χ4n) is 2.95. The van der Waals surface area contributed by atoms with Crippen LogP contribution in [0.4, 0.5) is 19.0 Å². The molecule has 0 aliphatic rings. The second-order valence-corrected chi connectivity index (χ2v) is 7.91. The molecule has 7 nitrogen and oxygen atoms in total. The van der Waals surface area contributed by atoms with Crippen LogP contribution in [-0.4, -0.2) is 30.3 Å². The van der Waals surface area contributed by atoms with Gasteiger partial charge in [0.25, 0.3) is 5.91 Å². The van der Waals surface area contributed by atoms with Crippen LogP contribution >= 0.6 is 27.5 Å². The first-order chi connectivity index (χ1) is 14.6. The minimum atomic E-state index is -4.65. The first-order valence-electron chi connectivity index (χ1n) is 8.84. The lowest BCUT2D eigenvalue weighted by molar-refractivity contribution is -0.142. The zero-order chi connectivity index (χ0) is 22.3. The van der Waals surface area contributed by atoms with E-state index in [0.717, 1.165) is 11.6 Å². The van der Waals surface area contributed by atoms with E-state index in [9.17, 15) is 18.0 Å². The van der Waals surface area contributed by atoms with Crippen molar-refractivity contribution in [3.63, 3.8) is 0 Å². The summed E-state index contributed by atoms with van der Waals surface area (Å²) in [6.45, 7) is 1.80. The topological polar surface area (TPSA) is 77.1 Å². The van der Waals surface area contributed by atoms with Gasteiger partial charge in [0, 0.05) is 23.0 Å². The number of anilines is 1. The van der Waals surface area contributed by atoms with Crippen LogP contribution in [0.15, 0.2) is 47.1 Å². The molecule has 0 fully saturated rings. The van der Waals surface area contributed by atoms with E-state index in [-0.39, 0.29) is 22.9 Å². The second kappa shape index (κ2) is 7.97. The Morgan fingerprint density at radius 2 is 1.97 bits per heavy atom. The van der Waals surface area contributed by atoms with E-state index in [1.54, 1.807) is 16.9 Å². The first kappa shape index (κ1) is 21.3. The van der Waals surface area contributed by atoms with Crippen molar-refractivity contribution >= 4 is 44.9 Å². The molecule has 1 amide bonds. The highest BCUT2D eigenvalue weighted by Gasteiger charge is 2.35. The Labute approximate surface area is 187 Å². The summed E-state index contributed by atoms with van der Waals surface area (Å²) in [5, 5.41) is 11.2. The van der Waals surface area contributed by atoms with Gasteiger partial charge in [-0.05, 0) is 40.5 Å². The van der Waals surface area contributed by atoms with Crippen molar-refractivity contribution in [2.24, 2.45) is 0 Å². The van der Waals surface area contributed by atoms with Crippen LogP contribution in [0.3, 0.4) is 0 Å². The number of carbonyl (C=O) groups excluding carboxylic acids is 1. The van der Waals surface area contributed by atoms with E-state index in [4.69, 9.17) is 11.6 Å². The average molecular weight is 514 g/mol. The van der Waals surface area contributed by atoms with E-state index in [0.29, 0.717) is 20.6 Å². The van der Waals surface area contributed by atoms with Gasteiger partial charge in [-0.2, -0.15) is 23.4 Å². The minimum Gasteiger partial charge on any atom is -0.303 e. The van der Waals surface area contributed by atoms with Crippen molar-refractivity contribution in [1.29, 1.82) is 0 Å². The van der Waals surface area contributed by atoms with Crippen molar-refractivity contribution in [3.8, 4) is 0 Å². The summed E-state index contributed by atoms with van der Waals surface area (Å²) in [6, 6.07) is 9.32. The van der Waals surface area contributed by atoms with Crippen LogP contribution in [0.1, 0.15) is 27.4 Å². The monoisotopic (exact) mass is 512 g/mol. The van der Waals surface area contributed by atoms with Crippen molar-refractivity contribution in [1.82, 2.24) is 24.4 Å². The van der Waals surface area contributed by atoms with Gasteiger partial charge in [-0.1, -0.05) is 29.8 Å². The smallest absolute Gasteiger partial charge is 0.303 e. The van der Waals surface area contributed by atoms with Gasteiger partial charge < -0.3 is 5.32 Å². The number of carbonyl (C=O) groups is 1. The first-order valence-corrected chi connectivity index (χ1v) is 10.0. The normalized spacial score (nSPS) is 11.8. The highest BCUT2D eigenvalue weighted by molar-refractivity contribution is 9.10. The van der Waals surface area contributed by atoms with Gasteiger partial charge in [0.15, 0.2) is 17.2 Å². The van der Waals surface area contributed by atoms with Gasteiger partial charge in [-0.3, -0.25) is 9.48 Å². The number of benzene rings is 1. The summed E-state index contributed by atoms with van der Waals surface area (Å²) >= 11 is 9.47. The number of fused-ring (bicyclic) bond motifs is 1. The summed E-state index contributed by atoms with van der Waals surface area (Å²) in [6.07, 6.45) is -3.00. The summed E-state index contributed by atoms with van der Waals surface area (Å²) in [7, 11) is 0. The van der Waals surface area contributed by atoms with E-state index in [2.05, 4.69) is 36.4 Å². The quantitative estimate of drug-likeness (QED) is 0.418. The molecule has 1 aromatic carbocycles. The molecule has 0 bridgehead atoms. The average Bonchev–Trinajstić information content (AvgIpc) is 3.25. The fraction of sp³-hybridized carbons (Fsp3) is 0.158. The summed E-state index contributed by atoms with van der Waals surface area (Å²) < 4.78 is 42.6. The van der Waals surface area contributed by atoms with Gasteiger partial charge in [0.05, 0.1) is 11.0 Å². The maximum absolute atomic E-state index is 13.3. The second-order valence-electron chi connectivity index (χ2n) is 6.65. The van der Waals surface area contributed by atoms with E-state index in [1.165, 1.54) is 13.0 Å². The molecular formula is C19H13BrClF3N6O. The zero-order valence-corrected chi connectivity index (χ0v) is 18.1. The summed E-state index contributed by atoms with van der Waals surface area (Å²) in [5.41, 5.74) is -0.331. The Morgan fingerprint density at radius 3 is 2.68 bits per heavy atom. The Morgan fingerprint density at radius 1 is 1.23 bits per heavy atom. The van der Waals surface area contributed by atoms with Gasteiger partial charge in [0.2, 0.25) is 0 Å². The van der Waals surface area contributed by atoms with E-state index in [1.807, 2.05) is 18.2 Å². The number of nitrogens with zero attached hydrogens (tertiary/aromatic N) is 5. The molecule has 0 aliphatic heterocycles. The summed E-state index contributed by atoms with van der Waals surface area (Å²) in [4.78, 5) is 16.6. The van der Waals surface area contributed by atoms with Gasteiger partial charge >= 0.3 is 6.18 Å². The predicted molar refractivity (Wildman–Crippen MR) is 111 cm³/mol. The molecule has 0 atom stereocenters. The van der Waals surface area contributed by atoms with Crippen molar-refractivity contribution in [2.45, 2.75) is 19.6 Å². The standard InChI is InChI=1S/C19H13BrClF3N6O/c1-10-6-15(19(22,23)24)30-16(25-10)7-14(27-30)18(31)26-17-12(20)9-29(28-17)8-11-4-2-3-5-13(11)21/h2-7,9H,8H2,1H3,(H,26,28,31). The zero-order valence-electron chi connectivity index (χ0n) is 15.8. The number of rotatable bonds is 4. The van der Waals surface area contributed by atoms with Crippen LogP contribution in [0.2, 0.25) is 5.02 Å². The molecule has 0 saturated heterocycles. The SMILES string of the molecule is Cc1cc(C(F)(F)F)n2nc(C(=O)Nc3nn(Cc4ccccc4Cl)cc3Br)cc2n1. The van der Waals surface area contributed by atoms with Gasteiger partial charge in [0.1, 0.15) is 5.69 Å². The number of aryl methyl sites for hydroxylation is 1. The number of alkyl halides is 3. The molecule has 3 aromatic heterocycles. The lowest BCUT2D eigenvalue weighted by Gasteiger charge is -2.09. The molecule has 12 heteroatoms. The maximum atomic E-state index is 13.3. The number of hydrogen-bond acceptors (Lipinski definition) is 4.